The average Bonchev–Trinajstić information content (AvgIpc) is 3.28. The summed E-state index contributed by atoms with van der Waals surface area (Å²) in [6.45, 7) is 0.728. The van der Waals surface area contributed by atoms with Crippen molar-refractivity contribution in [2.45, 2.75) is 12.6 Å². The number of carbonyl (C=O) groups excluding carboxylic acids is 1. The van der Waals surface area contributed by atoms with Gasteiger partial charge in [-0.15, -0.1) is 0 Å². The van der Waals surface area contributed by atoms with Gasteiger partial charge in [-0.3, -0.25) is 0 Å². The van der Waals surface area contributed by atoms with Gasteiger partial charge in [-0.1, -0.05) is 36.4 Å². The Morgan fingerprint density at radius 1 is 1.12 bits per heavy atom. The third-order valence-electron chi connectivity index (χ3n) is 4.01. The zero-order chi connectivity index (χ0) is 17.1. The fourth-order valence-corrected chi connectivity index (χ4v) is 2.76. The molecule has 2 heterocycles. The van der Waals surface area contributed by atoms with Crippen LogP contribution in [0.2, 0.25) is 0 Å². The molecular weight excluding hydrogens is 318 g/mol. The molecule has 6 nitrogen and oxygen atoms in total. The fraction of sp³-hybridized carbons (Fsp3) is 0.158. The van der Waals surface area contributed by atoms with E-state index in [1.807, 2.05) is 54.6 Å². The Kier molecular flexibility index (Phi) is 4.08. The summed E-state index contributed by atoms with van der Waals surface area (Å²) < 4.78 is 11.0. The van der Waals surface area contributed by atoms with E-state index in [0.29, 0.717) is 18.2 Å². The van der Waals surface area contributed by atoms with E-state index >= 15 is 0 Å². The molecule has 0 aliphatic carbocycles. The van der Waals surface area contributed by atoms with Gasteiger partial charge in [0.25, 0.3) is 0 Å². The molecule has 0 fully saturated rings. The molecule has 0 bridgehead atoms. The standard InChI is InChI=1S/C19H17N3O3/c23-19(22-16-12-24-17-9-5-4-8-15(16)17)20-10-14-11-25-18(21-14)13-6-2-1-3-7-13/h1-9,11,16H,10,12H2,(H2,20,22,23)/t16-/m0/s1. The van der Waals surface area contributed by atoms with Gasteiger partial charge < -0.3 is 19.8 Å². The molecule has 4 rings (SSSR count). The third kappa shape index (κ3) is 3.33. The van der Waals surface area contributed by atoms with Crippen molar-refractivity contribution in [1.82, 2.24) is 15.6 Å². The van der Waals surface area contributed by atoms with E-state index in [-0.39, 0.29) is 18.6 Å². The van der Waals surface area contributed by atoms with E-state index in [4.69, 9.17) is 9.15 Å². The molecule has 25 heavy (non-hydrogen) atoms. The zero-order valence-electron chi connectivity index (χ0n) is 13.4. The van der Waals surface area contributed by atoms with Gasteiger partial charge >= 0.3 is 6.03 Å². The lowest BCUT2D eigenvalue weighted by Gasteiger charge is -2.12. The number of nitrogens with zero attached hydrogens (tertiary/aromatic N) is 1. The van der Waals surface area contributed by atoms with Crippen molar-refractivity contribution in [3.8, 4) is 17.2 Å². The molecule has 1 aliphatic rings. The van der Waals surface area contributed by atoms with Gasteiger partial charge in [-0.25, -0.2) is 9.78 Å². The number of para-hydroxylation sites is 1. The minimum Gasteiger partial charge on any atom is -0.491 e. The number of rotatable bonds is 4. The quantitative estimate of drug-likeness (QED) is 0.767. The van der Waals surface area contributed by atoms with Crippen molar-refractivity contribution >= 4 is 6.03 Å². The normalized spacial score (nSPS) is 15.3. The van der Waals surface area contributed by atoms with Crippen LogP contribution in [0.1, 0.15) is 17.3 Å². The summed E-state index contributed by atoms with van der Waals surface area (Å²) >= 11 is 0. The first kappa shape index (κ1) is 15.3. The number of hydrogen-bond acceptors (Lipinski definition) is 4. The number of ether oxygens (including phenoxy) is 1. The van der Waals surface area contributed by atoms with E-state index in [1.54, 1.807) is 6.26 Å². The summed E-state index contributed by atoms with van der Waals surface area (Å²) in [5, 5.41) is 5.70. The highest BCUT2D eigenvalue weighted by molar-refractivity contribution is 5.74. The molecule has 2 amide bonds. The van der Waals surface area contributed by atoms with Crippen LogP contribution in [-0.2, 0) is 6.54 Å². The van der Waals surface area contributed by atoms with Gasteiger partial charge in [0.05, 0.1) is 18.3 Å². The van der Waals surface area contributed by atoms with E-state index in [2.05, 4.69) is 15.6 Å². The number of carbonyl (C=O) groups is 1. The Balaban J connectivity index is 1.33. The Hall–Kier alpha value is -3.28. The van der Waals surface area contributed by atoms with Gasteiger partial charge in [-0.2, -0.15) is 0 Å². The van der Waals surface area contributed by atoms with Crippen LogP contribution in [0.3, 0.4) is 0 Å². The van der Waals surface area contributed by atoms with Crippen molar-refractivity contribution in [3.63, 3.8) is 0 Å². The van der Waals surface area contributed by atoms with E-state index in [1.165, 1.54) is 0 Å². The van der Waals surface area contributed by atoms with Crippen molar-refractivity contribution in [2.75, 3.05) is 6.61 Å². The van der Waals surface area contributed by atoms with E-state index in [0.717, 1.165) is 16.9 Å². The van der Waals surface area contributed by atoms with Crippen LogP contribution in [0.5, 0.6) is 5.75 Å². The number of nitrogens with one attached hydrogen (secondary N) is 2. The van der Waals surface area contributed by atoms with Crippen LogP contribution in [0, 0.1) is 0 Å². The minimum atomic E-state index is -0.269. The number of amides is 2. The Labute approximate surface area is 144 Å². The monoisotopic (exact) mass is 335 g/mol. The maximum Gasteiger partial charge on any atom is 0.315 e. The van der Waals surface area contributed by atoms with Gasteiger partial charge in [0, 0.05) is 11.1 Å². The molecule has 0 radical (unpaired) electrons. The Morgan fingerprint density at radius 3 is 2.80 bits per heavy atom. The van der Waals surface area contributed by atoms with Crippen LogP contribution in [0.15, 0.2) is 65.3 Å². The molecular formula is C19H17N3O3. The number of urea groups is 1. The summed E-state index contributed by atoms with van der Waals surface area (Å²) in [7, 11) is 0. The van der Waals surface area contributed by atoms with E-state index < -0.39 is 0 Å². The third-order valence-corrected chi connectivity index (χ3v) is 4.01. The first-order valence-electron chi connectivity index (χ1n) is 8.05. The molecule has 2 aromatic carbocycles. The predicted molar refractivity (Wildman–Crippen MR) is 92.0 cm³/mol. The zero-order valence-corrected chi connectivity index (χ0v) is 13.4. The van der Waals surface area contributed by atoms with Crippen molar-refractivity contribution in [1.29, 1.82) is 0 Å². The average molecular weight is 335 g/mol. The van der Waals surface area contributed by atoms with Crippen molar-refractivity contribution in [2.24, 2.45) is 0 Å². The summed E-state index contributed by atoms with van der Waals surface area (Å²) in [4.78, 5) is 16.5. The Morgan fingerprint density at radius 2 is 1.92 bits per heavy atom. The summed E-state index contributed by atoms with van der Waals surface area (Å²) in [5.41, 5.74) is 2.56. The maximum atomic E-state index is 12.1. The molecule has 1 aliphatic heterocycles. The molecule has 1 aromatic heterocycles. The highest BCUT2D eigenvalue weighted by Crippen LogP contribution is 2.31. The second kappa shape index (κ2) is 6.68. The van der Waals surface area contributed by atoms with Gasteiger partial charge in [0.2, 0.25) is 5.89 Å². The second-order valence-corrected chi connectivity index (χ2v) is 5.74. The van der Waals surface area contributed by atoms with Gasteiger partial charge in [-0.05, 0) is 18.2 Å². The first-order valence-corrected chi connectivity index (χ1v) is 8.05. The van der Waals surface area contributed by atoms with Crippen LogP contribution in [0.25, 0.3) is 11.5 Å². The van der Waals surface area contributed by atoms with Gasteiger partial charge in [0.1, 0.15) is 18.6 Å². The summed E-state index contributed by atoms with van der Waals surface area (Å²) in [6.07, 6.45) is 1.55. The van der Waals surface area contributed by atoms with E-state index in [9.17, 15) is 4.79 Å². The number of benzene rings is 2. The molecule has 0 saturated carbocycles. The minimum absolute atomic E-state index is 0.145. The number of oxazole rings is 1. The number of hydrogen-bond donors (Lipinski definition) is 2. The molecule has 126 valence electrons. The number of fused-ring (bicyclic) bond motifs is 1. The lowest BCUT2D eigenvalue weighted by Crippen LogP contribution is -2.38. The smallest absolute Gasteiger partial charge is 0.315 e. The van der Waals surface area contributed by atoms with Gasteiger partial charge in [0.15, 0.2) is 0 Å². The predicted octanol–water partition coefficient (Wildman–Crippen LogP) is 3.27. The SMILES string of the molecule is O=C(NCc1coc(-c2ccccc2)n1)N[C@H]1COc2ccccc21. The summed E-state index contributed by atoms with van der Waals surface area (Å²) in [6, 6.07) is 16.9. The highest BCUT2D eigenvalue weighted by Gasteiger charge is 2.24. The highest BCUT2D eigenvalue weighted by atomic mass is 16.5. The molecule has 1 atom stereocenters. The van der Waals surface area contributed by atoms with Crippen LogP contribution >= 0.6 is 0 Å². The Bertz CT molecular complexity index is 876. The van der Waals surface area contributed by atoms with Crippen molar-refractivity contribution in [3.05, 3.63) is 72.1 Å². The molecule has 3 aromatic rings. The lowest BCUT2D eigenvalue weighted by atomic mass is 10.1. The van der Waals surface area contributed by atoms with Crippen LogP contribution in [0.4, 0.5) is 4.79 Å². The number of aromatic nitrogens is 1. The molecule has 0 spiro atoms. The maximum absolute atomic E-state index is 12.1. The fourth-order valence-electron chi connectivity index (χ4n) is 2.76. The largest absolute Gasteiger partial charge is 0.491 e. The van der Waals surface area contributed by atoms with Crippen LogP contribution in [-0.4, -0.2) is 17.6 Å². The molecule has 0 unspecified atom stereocenters. The summed E-state index contributed by atoms with van der Waals surface area (Å²) in [5.74, 6) is 1.35. The molecule has 6 heteroatoms. The molecule has 2 N–H and O–H groups in total. The first-order chi connectivity index (χ1) is 12.3. The van der Waals surface area contributed by atoms with Crippen LogP contribution < -0.4 is 15.4 Å². The topological polar surface area (TPSA) is 76.4 Å². The second-order valence-electron chi connectivity index (χ2n) is 5.74. The van der Waals surface area contributed by atoms with Crippen molar-refractivity contribution < 1.29 is 13.9 Å². The lowest BCUT2D eigenvalue weighted by molar-refractivity contribution is 0.231. The molecule has 0 saturated heterocycles.